The van der Waals surface area contributed by atoms with Crippen LogP contribution in [0, 0.1) is 5.92 Å². The zero-order valence-corrected chi connectivity index (χ0v) is 19.5. The molecule has 2 heterocycles. The average molecular weight is 464 g/mol. The number of methoxy groups -OCH3 is 1. The maximum absolute atomic E-state index is 12.9. The molecule has 1 saturated heterocycles. The van der Waals surface area contributed by atoms with Crippen LogP contribution in [-0.4, -0.2) is 58.7 Å². The van der Waals surface area contributed by atoms with Gasteiger partial charge in [-0.1, -0.05) is 44.2 Å². The number of nitrogens with two attached hydrogens (primary N) is 1. The maximum atomic E-state index is 12.9. The molecule has 8 nitrogen and oxygen atoms in total. The molecule has 4 rings (SSSR count). The second-order valence-electron chi connectivity index (χ2n) is 8.84. The Morgan fingerprint density at radius 2 is 1.88 bits per heavy atom. The number of pyridine rings is 1. The van der Waals surface area contributed by atoms with Crippen LogP contribution < -0.4 is 15.2 Å². The molecule has 0 radical (unpaired) electrons. The van der Waals surface area contributed by atoms with Crippen molar-refractivity contribution in [3.8, 4) is 22.8 Å². The number of carboxylic acid groups (broad SMARTS) is 1. The highest BCUT2D eigenvalue weighted by molar-refractivity contribution is 5.89. The van der Waals surface area contributed by atoms with E-state index in [1.165, 1.54) is 4.90 Å². The summed E-state index contributed by atoms with van der Waals surface area (Å²) in [6.45, 7) is 3.83. The molecule has 3 N–H and O–H groups in total. The molecule has 0 saturated carbocycles. The van der Waals surface area contributed by atoms with E-state index in [9.17, 15) is 14.7 Å². The van der Waals surface area contributed by atoms with Gasteiger partial charge >= 0.3 is 5.97 Å². The molecule has 0 bridgehead atoms. The first kappa shape index (κ1) is 23.5. The number of fused-ring (bicyclic) bond motifs is 1. The van der Waals surface area contributed by atoms with Gasteiger partial charge in [0.25, 0.3) is 0 Å². The van der Waals surface area contributed by atoms with Crippen molar-refractivity contribution in [2.45, 2.75) is 38.5 Å². The molecule has 0 spiro atoms. The molecule has 1 fully saturated rings. The van der Waals surface area contributed by atoms with Gasteiger partial charge in [-0.05, 0) is 18.1 Å². The summed E-state index contributed by atoms with van der Waals surface area (Å²) >= 11 is 0. The quantitative estimate of drug-likeness (QED) is 0.552. The van der Waals surface area contributed by atoms with Crippen molar-refractivity contribution in [2.75, 3.05) is 13.7 Å². The fourth-order valence-electron chi connectivity index (χ4n) is 4.17. The fourth-order valence-corrected chi connectivity index (χ4v) is 4.17. The lowest BCUT2D eigenvalue weighted by atomic mass is 10.0. The van der Waals surface area contributed by atoms with Gasteiger partial charge in [-0.15, -0.1) is 0 Å². The first-order valence-electron chi connectivity index (χ1n) is 11.3. The van der Waals surface area contributed by atoms with Gasteiger partial charge in [-0.3, -0.25) is 4.79 Å². The predicted octanol–water partition coefficient (Wildman–Crippen LogP) is 3.33. The van der Waals surface area contributed by atoms with Gasteiger partial charge in [-0.2, -0.15) is 0 Å². The third-order valence-electron chi connectivity index (χ3n) is 6.18. The molecule has 3 unspecified atom stereocenters. The van der Waals surface area contributed by atoms with E-state index in [-0.39, 0.29) is 24.8 Å². The first-order chi connectivity index (χ1) is 16.3. The van der Waals surface area contributed by atoms with E-state index >= 15 is 0 Å². The number of hydrogen-bond donors (Lipinski definition) is 2. The number of carboxylic acids is 1. The predicted molar refractivity (Wildman–Crippen MR) is 129 cm³/mol. The molecular formula is C26H29N3O5. The molecule has 1 aliphatic heterocycles. The van der Waals surface area contributed by atoms with Crippen LogP contribution in [0.15, 0.2) is 54.6 Å². The zero-order valence-electron chi connectivity index (χ0n) is 19.5. The highest BCUT2D eigenvalue weighted by atomic mass is 16.5. The van der Waals surface area contributed by atoms with E-state index < -0.39 is 24.2 Å². The van der Waals surface area contributed by atoms with E-state index in [1.807, 2.05) is 68.4 Å². The number of ether oxygens (including phenoxy) is 2. The summed E-state index contributed by atoms with van der Waals surface area (Å²) in [4.78, 5) is 30.9. The van der Waals surface area contributed by atoms with Crippen LogP contribution >= 0.6 is 0 Å². The van der Waals surface area contributed by atoms with Gasteiger partial charge in [-0.25, -0.2) is 9.78 Å². The normalized spacial score (nSPS) is 18.8. The summed E-state index contributed by atoms with van der Waals surface area (Å²) in [5, 5.41) is 10.5. The number of likely N-dealkylation sites (tertiary alicyclic amines) is 1. The highest BCUT2D eigenvalue weighted by Gasteiger charge is 2.42. The Bertz CT molecular complexity index is 1200. The minimum absolute atomic E-state index is 0.102. The number of hydrogen-bond acceptors (Lipinski definition) is 6. The molecule has 1 aromatic heterocycles. The Hall–Kier alpha value is -3.65. The Morgan fingerprint density at radius 1 is 1.15 bits per heavy atom. The number of benzene rings is 2. The van der Waals surface area contributed by atoms with Crippen molar-refractivity contribution in [3.63, 3.8) is 0 Å². The summed E-state index contributed by atoms with van der Waals surface area (Å²) in [7, 11) is 1.59. The van der Waals surface area contributed by atoms with Crippen molar-refractivity contribution in [2.24, 2.45) is 11.7 Å². The minimum Gasteiger partial charge on any atom is -0.497 e. The molecule has 8 heteroatoms. The van der Waals surface area contributed by atoms with Crippen molar-refractivity contribution in [1.29, 1.82) is 0 Å². The fraction of sp³-hybridized carbons (Fsp3) is 0.346. The Kier molecular flexibility index (Phi) is 6.70. The second kappa shape index (κ2) is 9.69. The topological polar surface area (TPSA) is 115 Å². The Balaban J connectivity index is 1.69. The average Bonchev–Trinajstić information content (AvgIpc) is 3.27. The molecule has 1 amide bonds. The van der Waals surface area contributed by atoms with Crippen LogP contribution in [0.25, 0.3) is 22.2 Å². The molecule has 178 valence electrons. The molecule has 2 aromatic carbocycles. The van der Waals surface area contributed by atoms with E-state index in [4.69, 9.17) is 20.2 Å². The number of rotatable bonds is 7. The summed E-state index contributed by atoms with van der Waals surface area (Å²) < 4.78 is 11.7. The first-order valence-corrected chi connectivity index (χ1v) is 11.3. The number of aliphatic carboxylic acids is 1. The lowest BCUT2D eigenvalue weighted by Crippen LogP contribution is -2.50. The monoisotopic (exact) mass is 463 g/mol. The Labute approximate surface area is 198 Å². The van der Waals surface area contributed by atoms with Gasteiger partial charge in [0.05, 0.1) is 30.9 Å². The molecule has 3 aromatic rings. The maximum Gasteiger partial charge on any atom is 0.326 e. The standard InChI is InChI=1S/C26H29N3O5/c1-15(2)24(27)25(30)29-14-18(12-22(29)26(31)32)34-23-13-20(16-7-5-4-6-8-16)28-21-11-17(33-3)9-10-19(21)23/h4-11,13,15,18,22,24H,12,14,27H2,1-3H3,(H,31,32). The van der Waals surface area contributed by atoms with Gasteiger partial charge in [0, 0.05) is 29.5 Å². The van der Waals surface area contributed by atoms with Crippen LogP contribution in [0.1, 0.15) is 20.3 Å². The van der Waals surface area contributed by atoms with E-state index in [0.717, 1.165) is 16.6 Å². The van der Waals surface area contributed by atoms with E-state index in [0.29, 0.717) is 17.0 Å². The highest BCUT2D eigenvalue weighted by Crippen LogP contribution is 2.34. The molecule has 1 aliphatic rings. The SMILES string of the molecule is COc1ccc2c(OC3CC(C(=O)O)N(C(=O)C(N)C(C)C)C3)cc(-c3ccccc3)nc2c1. The Morgan fingerprint density at radius 3 is 2.53 bits per heavy atom. The van der Waals surface area contributed by atoms with E-state index in [2.05, 4.69) is 0 Å². The molecular weight excluding hydrogens is 434 g/mol. The number of amides is 1. The smallest absolute Gasteiger partial charge is 0.326 e. The van der Waals surface area contributed by atoms with Crippen LogP contribution in [0.4, 0.5) is 0 Å². The number of aromatic nitrogens is 1. The van der Waals surface area contributed by atoms with Crippen molar-refractivity contribution >= 4 is 22.8 Å². The van der Waals surface area contributed by atoms with Crippen molar-refractivity contribution in [3.05, 3.63) is 54.6 Å². The lowest BCUT2D eigenvalue weighted by molar-refractivity contribution is -0.149. The number of carbonyl (C=O) groups excluding carboxylic acids is 1. The molecule has 0 aliphatic carbocycles. The largest absolute Gasteiger partial charge is 0.497 e. The van der Waals surface area contributed by atoms with Crippen molar-refractivity contribution < 1.29 is 24.2 Å². The zero-order chi connectivity index (χ0) is 24.4. The van der Waals surface area contributed by atoms with Crippen LogP contribution in [0.5, 0.6) is 11.5 Å². The number of carbonyl (C=O) groups is 2. The molecule has 34 heavy (non-hydrogen) atoms. The number of nitrogens with zero attached hydrogens (tertiary/aromatic N) is 2. The second-order valence-corrected chi connectivity index (χ2v) is 8.84. The minimum atomic E-state index is -1.07. The van der Waals surface area contributed by atoms with Gasteiger partial charge in [0.15, 0.2) is 0 Å². The van der Waals surface area contributed by atoms with Gasteiger partial charge in [0.1, 0.15) is 23.6 Å². The van der Waals surface area contributed by atoms with Gasteiger partial charge in [0.2, 0.25) is 5.91 Å². The summed E-state index contributed by atoms with van der Waals surface area (Å²) in [6.07, 6.45) is -0.326. The van der Waals surface area contributed by atoms with Crippen LogP contribution in [0.3, 0.4) is 0 Å². The third-order valence-corrected chi connectivity index (χ3v) is 6.18. The van der Waals surface area contributed by atoms with E-state index in [1.54, 1.807) is 7.11 Å². The lowest BCUT2D eigenvalue weighted by Gasteiger charge is -2.26. The van der Waals surface area contributed by atoms with Crippen LogP contribution in [-0.2, 0) is 9.59 Å². The van der Waals surface area contributed by atoms with Gasteiger partial charge < -0.3 is 25.2 Å². The molecule has 3 atom stereocenters. The van der Waals surface area contributed by atoms with Crippen molar-refractivity contribution in [1.82, 2.24) is 9.88 Å². The summed E-state index contributed by atoms with van der Waals surface area (Å²) in [5.74, 6) is -0.299. The third kappa shape index (κ3) is 4.68. The summed E-state index contributed by atoms with van der Waals surface area (Å²) in [6, 6.07) is 15.4. The van der Waals surface area contributed by atoms with Crippen LogP contribution in [0.2, 0.25) is 0 Å². The summed E-state index contributed by atoms with van der Waals surface area (Å²) in [5.41, 5.74) is 8.38.